The Kier molecular flexibility index (Phi) is 3.78. The first-order valence-electron chi connectivity index (χ1n) is 7.15. The van der Waals surface area contributed by atoms with Gasteiger partial charge >= 0.3 is 6.18 Å². The summed E-state index contributed by atoms with van der Waals surface area (Å²) in [4.78, 5) is 15.6. The molecular weight excluding hydrogens is 309 g/mol. The van der Waals surface area contributed by atoms with Crippen molar-refractivity contribution in [3.63, 3.8) is 0 Å². The first-order chi connectivity index (χ1) is 10.8. The lowest BCUT2D eigenvalue weighted by Crippen LogP contribution is -2.20. The molecule has 0 aromatic carbocycles. The molecule has 1 fully saturated rings. The SMILES string of the molecule is C[C@H](Nc1nc(N)nc(-c2cccc(C(F)(F)F)n2)n1)C1CC1. The van der Waals surface area contributed by atoms with Gasteiger partial charge in [0, 0.05) is 6.04 Å². The van der Waals surface area contributed by atoms with E-state index in [0.29, 0.717) is 5.92 Å². The Morgan fingerprint density at radius 3 is 2.57 bits per heavy atom. The predicted molar refractivity (Wildman–Crippen MR) is 78.3 cm³/mol. The van der Waals surface area contributed by atoms with Crippen molar-refractivity contribution in [2.45, 2.75) is 32.0 Å². The standard InChI is InChI=1S/C14H15F3N6/c1-7(8-5-6-8)19-13-22-11(21-12(18)23-13)9-3-2-4-10(20-9)14(15,16)17/h2-4,7-8H,5-6H2,1H3,(H3,18,19,21,22,23)/t7-/m0/s1. The summed E-state index contributed by atoms with van der Waals surface area (Å²) < 4.78 is 38.3. The maximum absolute atomic E-state index is 12.8. The summed E-state index contributed by atoms with van der Waals surface area (Å²) in [7, 11) is 0. The average Bonchev–Trinajstić information content (AvgIpc) is 3.30. The maximum Gasteiger partial charge on any atom is 0.433 e. The topological polar surface area (TPSA) is 89.6 Å². The van der Waals surface area contributed by atoms with E-state index in [4.69, 9.17) is 5.73 Å². The normalized spacial score (nSPS) is 16.2. The number of halogens is 3. The number of nitrogen functional groups attached to an aromatic ring is 1. The Morgan fingerprint density at radius 1 is 1.17 bits per heavy atom. The van der Waals surface area contributed by atoms with E-state index in [1.165, 1.54) is 12.1 Å². The van der Waals surface area contributed by atoms with Crippen LogP contribution in [0.1, 0.15) is 25.5 Å². The highest BCUT2D eigenvalue weighted by Gasteiger charge is 2.33. The van der Waals surface area contributed by atoms with Gasteiger partial charge in [0.05, 0.1) is 0 Å². The molecule has 1 atom stereocenters. The van der Waals surface area contributed by atoms with Crippen molar-refractivity contribution in [3.05, 3.63) is 23.9 Å². The molecule has 9 heteroatoms. The van der Waals surface area contributed by atoms with Gasteiger partial charge in [0.2, 0.25) is 11.9 Å². The Bertz CT molecular complexity index is 714. The van der Waals surface area contributed by atoms with E-state index < -0.39 is 11.9 Å². The van der Waals surface area contributed by atoms with Crippen molar-refractivity contribution in [2.75, 3.05) is 11.1 Å². The summed E-state index contributed by atoms with van der Waals surface area (Å²) in [6.45, 7) is 2.00. The van der Waals surface area contributed by atoms with E-state index in [0.717, 1.165) is 18.9 Å². The lowest BCUT2D eigenvalue weighted by Gasteiger charge is -2.13. The quantitative estimate of drug-likeness (QED) is 0.899. The van der Waals surface area contributed by atoms with Crippen molar-refractivity contribution >= 4 is 11.9 Å². The molecule has 0 unspecified atom stereocenters. The number of rotatable bonds is 4. The highest BCUT2D eigenvalue weighted by atomic mass is 19.4. The first-order valence-corrected chi connectivity index (χ1v) is 7.15. The molecule has 0 spiro atoms. The molecule has 1 aliphatic carbocycles. The van der Waals surface area contributed by atoms with Crippen LogP contribution in [0.2, 0.25) is 0 Å². The number of nitrogens with zero attached hydrogens (tertiary/aromatic N) is 4. The molecule has 0 saturated heterocycles. The molecule has 23 heavy (non-hydrogen) atoms. The molecule has 6 nitrogen and oxygen atoms in total. The molecule has 0 amide bonds. The minimum Gasteiger partial charge on any atom is -0.368 e. The van der Waals surface area contributed by atoms with Crippen LogP contribution in [-0.2, 0) is 6.18 Å². The molecule has 1 saturated carbocycles. The molecule has 1 aliphatic rings. The lowest BCUT2D eigenvalue weighted by molar-refractivity contribution is -0.141. The third-order valence-electron chi connectivity index (χ3n) is 3.61. The largest absolute Gasteiger partial charge is 0.433 e. The Morgan fingerprint density at radius 2 is 1.91 bits per heavy atom. The smallest absolute Gasteiger partial charge is 0.368 e. The van der Waals surface area contributed by atoms with Gasteiger partial charge in [0.15, 0.2) is 5.82 Å². The van der Waals surface area contributed by atoms with Gasteiger partial charge in [-0.05, 0) is 37.8 Å². The Labute approximate surface area is 130 Å². The Balaban J connectivity index is 1.91. The molecular formula is C14H15F3N6. The van der Waals surface area contributed by atoms with Crippen LogP contribution in [0, 0.1) is 5.92 Å². The number of alkyl halides is 3. The van der Waals surface area contributed by atoms with E-state index in [-0.39, 0.29) is 29.5 Å². The summed E-state index contributed by atoms with van der Waals surface area (Å²) in [5.74, 6) is 0.739. The van der Waals surface area contributed by atoms with Crippen LogP contribution >= 0.6 is 0 Å². The molecule has 0 aliphatic heterocycles. The fourth-order valence-electron chi connectivity index (χ4n) is 2.21. The van der Waals surface area contributed by atoms with Gasteiger partial charge < -0.3 is 11.1 Å². The lowest BCUT2D eigenvalue weighted by atomic mass is 10.2. The van der Waals surface area contributed by atoms with E-state index in [2.05, 4.69) is 25.3 Å². The zero-order valence-electron chi connectivity index (χ0n) is 12.3. The van der Waals surface area contributed by atoms with E-state index in [1.54, 1.807) is 0 Å². The molecule has 2 aromatic rings. The van der Waals surface area contributed by atoms with Crippen molar-refractivity contribution in [2.24, 2.45) is 5.92 Å². The Hall–Kier alpha value is -2.45. The highest BCUT2D eigenvalue weighted by Crippen LogP contribution is 2.33. The molecule has 2 heterocycles. The third-order valence-corrected chi connectivity index (χ3v) is 3.61. The van der Waals surface area contributed by atoms with Crippen molar-refractivity contribution < 1.29 is 13.2 Å². The second-order valence-electron chi connectivity index (χ2n) is 5.52. The molecule has 0 bridgehead atoms. The van der Waals surface area contributed by atoms with Crippen molar-refractivity contribution in [3.8, 4) is 11.5 Å². The van der Waals surface area contributed by atoms with Crippen molar-refractivity contribution in [1.82, 2.24) is 19.9 Å². The predicted octanol–water partition coefficient (Wildman–Crippen LogP) is 2.75. The van der Waals surface area contributed by atoms with Crippen LogP contribution in [-0.4, -0.2) is 26.0 Å². The van der Waals surface area contributed by atoms with Crippen LogP contribution in [0.5, 0.6) is 0 Å². The summed E-state index contributed by atoms with van der Waals surface area (Å²) in [5.41, 5.74) is 4.63. The van der Waals surface area contributed by atoms with Gasteiger partial charge in [-0.1, -0.05) is 6.07 Å². The van der Waals surface area contributed by atoms with Gasteiger partial charge in [-0.25, -0.2) is 4.98 Å². The molecule has 3 rings (SSSR count). The zero-order chi connectivity index (χ0) is 16.6. The minimum atomic E-state index is -4.53. The third kappa shape index (κ3) is 3.66. The highest BCUT2D eigenvalue weighted by molar-refractivity contribution is 5.53. The zero-order valence-corrected chi connectivity index (χ0v) is 12.3. The summed E-state index contributed by atoms with van der Waals surface area (Å²) in [6, 6.07) is 3.71. The summed E-state index contributed by atoms with van der Waals surface area (Å²) in [5, 5.41) is 3.11. The average molecular weight is 324 g/mol. The minimum absolute atomic E-state index is 0.00366. The van der Waals surface area contributed by atoms with Gasteiger partial charge in [0.25, 0.3) is 0 Å². The number of pyridine rings is 1. The fourth-order valence-corrected chi connectivity index (χ4v) is 2.21. The van der Waals surface area contributed by atoms with E-state index in [9.17, 15) is 13.2 Å². The number of hydrogen-bond acceptors (Lipinski definition) is 6. The van der Waals surface area contributed by atoms with Gasteiger partial charge in [0.1, 0.15) is 11.4 Å². The van der Waals surface area contributed by atoms with Crippen molar-refractivity contribution in [1.29, 1.82) is 0 Å². The number of aromatic nitrogens is 4. The van der Waals surface area contributed by atoms with Crippen LogP contribution < -0.4 is 11.1 Å². The molecule has 3 N–H and O–H groups in total. The number of hydrogen-bond donors (Lipinski definition) is 2. The number of nitrogens with two attached hydrogens (primary N) is 1. The number of nitrogens with one attached hydrogen (secondary N) is 1. The fraction of sp³-hybridized carbons (Fsp3) is 0.429. The first kappa shape index (κ1) is 15.4. The van der Waals surface area contributed by atoms with E-state index >= 15 is 0 Å². The van der Waals surface area contributed by atoms with Crippen LogP contribution in [0.4, 0.5) is 25.1 Å². The summed E-state index contributed by atoms with van der Waals surface area (Å²) in [6.07, 6.45) is -2.26. The second kappa shape index (κ2) is 5.64. The number of anilines is 2. The summed E-state index contributed by atoms with van der Waals surface area (Å²) >= 11 is 0. The van der Waals surface area contributed by atoms with Crippen LogP contribution in [0.3, 0.4) is 0 Å². The molecule has 2 aromatic heterocycles. The van der Waals surface area contributed by atoms with E-state index in [1.807, 2.05) is 6.92 Å². The monoisotopic (exact) mass is 324 g/mol. The van der Waals surface area contributed by atoms with Crippen LogP contribution in [0.15, 0.2) is 18.2 Å². The van der Waals surface area contributed by atoms with Gasteiger partial charge in [-0.3, -0.25) is 0 Å². The van der Waals surface area contributed by atoms with Crippen LogP contribution in [0.25, 0.3) is 11.5 Å². The maximum atomic E-state index is 12.8. The second-order valence-corrected chi connectivity index (χ2v) is 5.52. The van der Waals surface area contributed by atoms with Gasteiger partial charge in [-0.2, -0.15) is 28.1 Å². The molecule has 122 valence electrons. The van der Waals surface area contributed by atoms with Gasteiger partial charge in [-0.15, -0.1) is 0 Å². The molecule has 0 radical (unpaired) electrons.